The highest BCUT2D eigenvalue weighted by Gasteiger charge is 2.43. The normalized spacial score (nSPS) is 23.2. The quantitative estimate of drug-likeness (QED) is 0.311. The number of ether oxygens (including phenoxy) is 1. The number of rotatable bonds is 8. The van der Waals surface area contributed by atoms with Gasteiger partial charge in [-0.25, -0.2) is 4.79 Å². The Morgan fingerprint density at radius 1 is 1.00 bits per heavy atom. The Labute approximate surface area is 240 Å². The molecule has 12 heteroatoms. The number of alkyl halides is 6. The smallest absolute Gasteiger partial charge is 0.416 e. The van der Waals surface area contributed by atoms with Crippen LogP contribution < -0.4 is 4.90 Å². The molecular formula is C30H34F6N2O4. The van der Waals surface area contributed by atoms with Gasteiger partial charge in [0.05, 0.1) is 23.7 Å². The lowest BCUT2D eigenvalue weighted by Crippen LogP contribution is -2.39. The van der Waals surface area contributed by atoms with Crippen molar-refractivity contribution in [1.29, 1.82) is 0 Å². The monoisotopic (exact) mass is 600 g/mol. The van der Waals surface area contributed by atoms with E-state index in [1.807, 2.05) is 32.0 Å². The van der Waals surface area contributed by atoms with E-state index in [1.165, 1.54) is 4.90 Å². The highest BCUT2D eigenvalue weighted by Crippen LogP contribution is 2.42. The SMILES string of the molecule is CCN(c1ccc(C)cc1CN1C(=O)OC(c2cc(C(F)(F)F)cc(C(F)(F)F)c2)C1C)C1CCC(CC(=O)O)CC1. The summed E-state index contributed by atoms with van der Waals surface area (Å²) in [6.07, 6.45) is -8.89. The highest BCUT2D eigenvalue weighted by molar-refractivity contribution is 5.72. The Morgan fingerprint density at radius 3 is 2.12 bits per heavy atom. The van der Waals surface area contributed by atoms with E-state index in [2.05, 4.69) is 4.90 Å². The zero-order valence-corrected chi connectivity index (χ0v) is 23.6. The number of hydrogen-bond donors (Lipinski definition) is 1. The number of aliphatic carboxylic acids is 1. The molecule has 230 valence electrons. The predicted octanol–water partition coefficient (Wildman–Crippen LogP) is 7.97. The van der Waals surface area contributed by atoms with Crippen molar-refractivity contribution in [3.05, 3.63) is 64.2 Å². The molecule has 4 rings (SSSR count). The van der Waals surface area contributed by atoms with Crippen molar-refractivity contribution >= 4 is 17.7 Å². The molecule has 1 amide bonds. The van der Waals surface area contributed by atoms with Crippen LogP contribution in [0.25, 0.3) is 0 Å². The first-order valence-corrected chi connectivity index (χ1v) is 13.9. The zero-order valence-electron chi connectivity index (χ0n) is 23.6. The van der Waals surface area contributed by atoms with Gasteiger partial charge in [-0.05, 0) is 87.8 Å². The molecule has 1 saturated heterocycles. The number of hydrogen-bond acceptors (Lipinski definition) is 4. The molecule has 6 nitrogen and oxygen atoms in total. The third kappa shape index (κ3) is 6.95. The number of nitrogens with zero attached hydrogens (tertiary/aromatic N) is 2. The van der Waals surface area contributed by atoms with E-state index in [-0.39, 0.29) is 36.6 Å². The van der Waals surface area contributed by atoms with Gasteiger partial charge in [0.25, 0.3) is 0 Å². The fourth-order valence-electron chi connectivity index (χ4n) is 6.14. The highest BCUT2D eigenvalue weighted by atomic mass is 19.4. The molecule has 0 bridgehead atoms. The Hall–Kier alpha value is -3.44. The predicted molar refractivity (Wildman–Crippen MR) is 143 cm³/mol. The summed E-state index contributed by atoms with van der Waals surface area (Å²) in [5.41, 5.74) is -0.753. The van der Waals surface area contributed by atoms with E-state index >= 15 is 0 Å². The Balaban J connectivity index is 1.60. The molecule has 2 atom stereocenters. The first-order valence-electron chi connectivity index (χ1n) is 13.9. The average Bonchev–Trinajstić information content (AvgIpc) is 3.18. The van der Waals surface area contributed by atoms with Crippen molar-refractivity contribution in [2.24, 2.45) is 5.92 Å². The van der Waals surface area contributed by atoms with Gasteiger partial charge in [-0.15, -0.1) is 0 Å². The van der Waals surface area contributed by atoms with Crippen LogP contribution in [0.5, 0.6) is 0 Å². The zero-order chi connectivity index (χ0) is 31.0. The number of cyclic esters (lactones) is 1. The molecular weight excluding hydrogens is 566 g/mol. The number of carbonyl (C=O) groups excluding carboxylic acids is 1. The van der Waals surface area contributed by atoms with Gasteiger partial charge in [-0.1, -0.05) is 17.7 Å². The second kappa shape index (κ2) is 12.0. The van der Waals surface area contributed by atoms with E-state index in [1.54, 1.807) is 6.92 Å². The number of aryl methyl sites for hydroxylation is 1. The molecule has 42 heavy (non-hydrogen) atoms. The molecule has 0 spiro atoms. The van der Waals surface area contributed by atoms with Gasteiger partial charge in [0.1, 0.15) is 6.10 Å². The maximum atomic E-state index is 13.5. The number of anilines is 1. The lowest BCUT2D eigenvalue weighted by molar-refractivity contribution is -0.143. The summed E-state index contributed by atoms with van der Waals surface area (Å²) in [5.74, 6) is -0.683. The fourth-order valence-corrected chi connectivity index (χ4v) is 6.14. The standard InChI is InChI=1S/C30H34F6N2O4/c1-4-37(24-8-6-19(7-9-24)12-26(39)40)25-10-5-17(2)11-21(25)16-38-18(3)27(42-28(38)41)20-13-22(29(31,32)33)15-23(14-20)30(34,35)36/h5,10-11,13-15,18-19,24,27H,4,6-9,12,16H2,1-3H3,(H,39,40). The molecule has 1 aliphatic heterocycles. The van der Waals surface area contributed by atoms with Gasteiger partial charge < -0.3 is 14.7 Å². The van der Waals surface area contributed by atoms with Crippen LogP contribution in [0.2, 0.25) is 0 Å². The third-order valence-corrected chi connectivity index (χ3v) is 8.28. The van der Waals surface area contributed by atoms with Gasteiger partial charge in [-0.2, -0.15) is 26.3 Å². The Kier molecular flexibility index (Phi) is 9.03. The van der Waals surface area contributed by atoms with E-state index in [4.69, 9.17) is 9.84 Å². The summed E-state index contributed by atoms with van der Waals surface area (Å²) < 4.78 is 86.2. The molecule has 2 unspecified atom stereocenters. The summed E-state index contributed by atoms with van der Waals surface area (Å²) in [7, 11) is 0. The van der Waals surface area contributed by atoms with Gasteiger partial charge in [-0.3, -0.25) is 9.69 Å². The van der Waals surface area contributed by atoms with Crippen molar-refractivity contribution in [2.75, 3.05) is 11.4 Å². The number of carboxylic acids is 1. The van der Waals surface area contributed by atoms with Crippen LogP contribution in [-0.2, 0) is 28.4 Å². The van der Waals surface area contributed by atoms with Crippen LogP contribution in [0.15, 0.2) is 36.4 Å². The molecule has 0 aromatic heterocycles. The lowest BCUT2D eigenvalue weighted by Gasteiger charge is -2.39. The van der Waals surface area contributed by atoms with E-state index in [0.29, 0.717) is 18.7 Å². The van der Waals surface area contributed by atoms with Crippen LogP contribution in [0.4, 0.5) is 36.8 Å². The first-order chi connectivity index (χ1) is 19.6. The summed E-state index contributed by atoms with van der Waals surface area (Å²) in [5, 5.41) is 9.14. The van der Waals surface area contributed by atoms with Crippen molar-refractivity contribution < 1.29 is 45.8 Å². The number of halogens is 6. The maximum Gasteiger partial charge on any atom is 0.416 e. The Bertz CT molecular complexity index is 1270. The van der Waals surface area contributed by atoms with E-state index in [9.17, 15) is 35.9 Å². The van der Waals surface area contributed by atoms with Crippen LogP contribution in [0.3, 0.4) is 0 Å². The lowest BCUT2D eigenvalue weighted by atomic mass is 9.83. The molecule has 1 aliphatic carbocycles. The minimum atomic E-state index is -5.02. The van der Waals surface area contributed by atoms with Gasteiger partial charge in [0.2, 0.25) is 0 Å². The molecule has 2 aromatic rings. The summed E-state index contributed by atoms with van der Waals surface area (Å²) >= 11 is 0. The maximum absolute atomic E-state index is 13.5. The van der Waals surface area contributed by atoms with Crippen LogP contribution >= 0.6 is 0 Å². The molecule has 2 fully saturated rings. The summed E-state index contributed by atoms with van der Waals surface area (Å²) in [6.45, 7) is 6.12. The second-order valence-electron chi connectivity index (χ2n) is 11.2. The third-order valence-electron chi connectivity index (χ3n) is 8.28. The second-order valence-corrected chi connectivity index (χ2v) is 11.2. The number of carboxylic acid groups (broad SMARTS) is 1. The van der Waals surface area contributed by atoms with Gasteiger partial charge >= 0.3 is 24.4 Å². The van der Waals surface area contributed by atoms with Gasteiger partial charge in [0.15, 0.2) is 0 Å². The minimum absolute atomic E-state index is 0.0451. The van der Waals surface area contributed by atoms with Gasteiger partial charge in [0, 0.05) is 24.7 Å². The molecule has 1 heterocycles. The summed E-state index contributed by atoms with van der Waals surface area (Å²) in [6, 6.07) is 6.36. The average molecular weight is 601 g/mol. The van der Waals surface area contributed by atoms with E-state index < -0.39 is 47.7 Å². The molecule has 2 aromatic carbocycles. The fraction of sp³-hybridized carbons (Fsp3) is 0.533. The molecule has 1 saturated carbocycles. The van der Waals surface area contributed by atoms with Crippen molar-refractivity contribution in [3.63, 3.8) is 0 Å². The van der Waals surface area contributed by atoms with Crippen molar-refractivity contribution in [3.8, 4) is 0 Å². The molecule has 1 N–H and O–H groups in total. The minimum Gasteiger partial charge on any atom is -0.481 e. The van der Waals surface area contributed by atoms with Crippen molar-refractivity contribution in [1.82, 2.24) is 4.90 Å². The van der Waals surface area contributed by atoms with E-state index in [0.717, 1.165) is 42.5 Å². The summed E-state index contributed by atoms with van der Waals surface area (Å²) in [4.78, 5) is 27.7. The first kappa shape index (κ1) is 31.5. The molecule has 0 radical (unpaired) electrons. The topological polar surface area (TPSA) is 70.1 Å². The molecule has 2 aliphatic rings. The largest absolute Gasteiger partial charge is 0.481 e. The number of benzene rings is 2. The Morgan fingerprint density at radius 2 is 1.60 bits per heavy atom. The number of carbonyl (C=O) groups is 2. The van der Waals surface area contributed by atoms with Crippen LogP contribution in [0, 0.1) is 12.8 Å². The van der Waals surface area contributed by atoms with Crippen molar-refractivity contribution in [2.45, 2.75) is 90.0 Å². The van der Waals surface area contributed by atoms with Crippen LogP contribution in [0.1, 0.15) is 79.9 Å². The van der Waals surface area contributed by atoms with Crippen LogP contribution in [-0.4, -0.2) is 40.7 Å². The number of amides is 1.